The summed E-state index contributed by atoms with van der Waals surface area (Å²) in [5.41, 5.74) is 5.40. The lowest BCUT2D eigenvalue weighted by molar-refractivity contribution is 0.288. The lowest BCUT2D eigenvalue weighted by Gasteiger charge is -2.14. The molecule has 0 saturated heterocycles. The number of methoxy groups -OCH3 is 4. The van der Waals surface area contributed by atoms with E-state index in [1.807, 2.05) is 42.6 Å². The third kappa shape index (κ3) is 5.18. The first-order valence-corrected chi connectivity index (χ1v) is 10.4. The summed E-state index contributed by atoms with van der Waals surface area (Å²) in [4.78, 5) is 4.59. The normalized spacial score (nSPS) is 10.7. The average Bonchev–Trinajstić information content (AvgIpc) is 3.27. The van der Waals surface area contributed by atoms with Crippen LogP contribution in [0.4, 0.5) is 5.13 Å². The number of thiazole rings is 1. The number of hydrogen-bond donors (Lipinski definition) is 1. The molecule has 0 spiro atoms. The lowest BCUT2D eigenvalue weighted by Crippen LogP contribution is -2.00. The van der Waals surface area contributed by atoms with Gasteiger partial charge in [0, 0.05) is 22.6 Å². The minimum atomic E-state index is 0.507. The minimum Gasteiger partial charge on any atom is -0.497 e. The van der Waals surface area contributed by atoms with Crippen molar-refractivity contribution in [2.24, 2.45) is 5.10 Å². The van der Waals surface area contributed by atoms with Crippen LogP contribution in [0.3, 0.4) is 0 Å². The summed E-state index contributed by atoms with van der Waals surface area (Å²) in [6, 6.07) is 9.27. The van der Waals surface area contributed by atoms with Gasteiger partial charge < -0.3 is 23.7 Å². The molecule has 0 unspecified atom stereocenters. The van der Waals surface area contributed by atoms with Gasteiger partial charge in [0.25, 0.3) is 0 Å². The van der Waals surface area contributed by atoms with Crippen LogP contribution < -0.4 is 29.1 Å². The molecule has 3 aromatic rings. The fourth-order valence-electron chi connectivity index (χ4n) is 2.88. The Kier molecular flexibility index (Phi) is 7.55. The Bertz CT molecular complexity index is 1030. The van der Waals surface area contributed by atoms with E-state index >= 15 is 0 Å². The first-order valence-electron chi connectivity index (χ1n) is 9.49. The number of rotatable bonds is 10. The maximum Gasteiger partial charge on any atom is 0.203 e. The highest BCUT2D eigenvalue weighted by molar-refractivity contribution is 7.14. The van der Waals surface area contributed by atoms with Crippen LogP contribution in [0.15, 0.2) is 40.8 Å². The zero-order valence-electron chi connectivity index (χ0n) is 18.1. The fraction of sp³-hybridized carbons (Fsp3) is 0.273. The zero-order chi connectivity index (χ0) is 22.2. The molecule has 0 bridgehead atoms. The summed E-state index contributed by atoms with van der Waals surface area (Å²) in [5, 5.41) is 6.87. The van der Waals surface area contributed by atoms with Crippen molar-refractivity contribution < 1.29 is 23.7 Å². The van der Waals surface area contributed by atoms with Crippen LogP contribution in [0.2, 0.25) is 0 Å². The summed E-state index contributed by atoms with van der Waals surface area (Å²) in [6.45, 7) is 2.41. The minimum absolute atomic E-state index is 0.507. The molecule has 0 aliphatic rings. The van der Waals surface area contributed by atoms with Crippen LogP contribution in [0.5, 0.6) is 28.7 Å². The molecule has 1 heterocycles. The number of benzene rings is 2. The third-order valence-electron chi connectivity index (χ3n) is 4.33. The zero-order valence-corrected chi connectivity index (χ0v) is 18.9. The number of aromatic nitrogens is 1. The van der Waals surface area contributed by atoms with E-state index in [1.54, 1.807) is 34.7 Å². The first kappa shape index (κ1) is 22.2. The second-order valence-corrected chi connectivity index (χ2v) is 7.02. The Labute approximate surface area is 185 Å². The van der Waals surface area contributed by atoms with Crippen LogP contribution in [0, 0.1) is 0 Å². The average molecular weight is 444 g/mol. The molecule has 0 amide bonds. The summed E-state index contributed by atoms with van der Waals surface area (Å²) < 4.78 is 27.2. The molecule has 0 aliphatic heterocycles. The van der Waals surface area contributed by atoms with E-state index in [2.05, 4.69) is 15.5 Å². The van der Waals surface area contributed by atoms with Crippen LogP contribution in [0.1, 0.15) is 12.5 Å². The molecule has 8 nitrogen and oxygen atoms in total. The van der Waals surface area contributed by atoms with Crippen molar-refractivity contribution in [3.63, 3.8) is 0 Å². The van der Waals surface area contributed by atoms with Crippen molar-refractivity contribution in [3.05, 3.63) is 41.3 Å². The smallest absolute Gasteiger partial charge is 0.203 e. The Hall–Kier alpha value is -3.46. The Balaban J connectivity index is 1.77. The van der Waals surface area contributed by atoms with Crippen molar-refractivity contribution in [1.29, 1.82) is 0 Å². The summed E-state index contributed by atoms with van der Waals surface area (Å²) in [7, 11) is 6.41. The van der Waals surface area contributed by atoms with E-state index < -0.39 is 0 Å². The van der Waals surface area contributed by atoms with Gasteiger partial charge in [-0.3, -0.25) is 5.43 Å². The SMILES string of the molecule is CCOc1c(OC)cc(/C=N\Nc2nc(-c3ccc(OC)cc3OC)cs2)cc1OC. The van der Waals surface area contributed by atoms with Gasteiger partial charge in [-0.15, -0.1) is 11.3 Å². The van der Waals surface area contributed by atoms with Crippen LogP contribution in [-0.2, 0) is 0 Å². The molecule has 0 fully saturated rings. The number of nitrogens with zero attached hydrogens (tertiary/aromatic N) is 2. The predicted molar refractivity (Wildman–Crippen MR) is 123 cm³/mol. The summed E-state index contributed by atoms with van der Waals surface area (Å²) in [5.74, 6) is 3.13. The van der Waals surface area contributed by atoms with Gasteiger partial charge in [0.1, 0.15) is 11.5 Å². The Morgan fingerprint density at radius 3 is 2.29 bits per heavy atom. The predicted octanol–water partition coefficient (Wildman–Crippen LogP) is 4.69. The van der Waals surface area contributed by atoms with E-state index in [9.17, 15) is 0 Å². The van der Waals surface area contributed by atoms with Gasteiger partial charge in [0.05, 0.1) is 47.0 Å². The number of nitrogens with one attached hydrogen (secondary N) is 1. The van der Waals surface area contributed by atoms with Gasteiger partial charge >= 0.3 is 0 Å². The van der Waals surface area contributed by atoms with E-state index in [4.69, 9.17) is 23.7 Å². The van der Waals surface area contributed by atoms with E-state index in [0.717, 1.165) is 22.6 Å². The Morgan fingerprint density at radius 2 is 1.68 bits per heavy atom. The molecule has 164 valence electrons. The quantitative estimate of drug-likeness (QED) is 0.359. The third-order valence-corrected chi connectivity index (χ3v) is 5.08. The van der Waals surface area contributed by atoms with Crippen LogP contribution in [0.25, 0.3) is 11.3 Å². The van der Waals surface area contributed by atoms with Crippen LogP contribution in [-0.4, -0.2) is 46.2 Å². The second kappa shape index (κ2) is 10.5. The molecule has 1 N–H and O–H groups in total. The highest BCUT2D eigenvalue weighted by atomic mass is 32.1. The molecular weight excluding hydrogens is 418 g/mol. The molecule has 1 aromatic heterocycles. The van der Waals surface area contributed by atoms with E-state index in [0.29, 0.717) is 34.7 Å². The van der Waals surface area contributed by atoms with Crippen molar-refractivity contribution in [2.45, 2.75) is 6.92 Å². The lowest BCUT2D eigenvalue weighted by atomic mass is 10.1. The molecular formula is C22H25N3O5S. The van der Waals surface area contributed by atoms with Crippen molar-refractivity contribution in [1.82, 2.24) is 4.98 Å². The molecule has 0 radical (unpaired) electrons. The molecule has 31 heavy (non-hydrogen) atoms. The van der Waals surface area contributed by atoms with Gasteiger partial charge in [0.15, 0.2) is 11.5 Å². The second-order valence-electron chi connectivity index (χ2n) is 6.16. The van der Waals surface area contributed by atoms with Crippen molar-refractivity contribution >= 4 is 22.7 Å². The van der Waals surface area contributed by atoms with Gasteiger partial charge in [-0.2, -0.15) is 5.10 Å². The summed E-state index contributed by atoms with van der Waals surface area (Å²) >= 11 is 1.44. The molecule has 9 heteroatoms. The van der Waals surface area contributed by atoms with E-state index in [-0.39, 0.29) is 0 Å². The van der Waals surface area contributed by atoms with Gasteiger partial charge in [-0.05, 0) is 31.2 Å². The number of hydrogen-bond acceptors (Lipinski definition) is 9. The highest BCUT2D eigenvalue weighted by Gasteiger charge is 2.14. The number of anilines is 1. The van der Waals surface area contributed by atoms with Gasteiger partial charge in [0.2, 0.25) is 10.9 Å². The first-order chi connectivity index (χ1) is 15.1. The monoisotopic (exact) mass is 443 g/mol. The standard InChI is InChI=1S/C22H25N3O5S/c1-6-30-21-19(28-4)9-14(10-20(21)29-5)12-23-25-22-24-17(13-31-22)16-8-7-15(26-2)11-18(16)27-3/h7-13H,6H2,1-5H3,(H,24,25)/b23-12-. The maximum absolute atomic E-state index is 5.62. The molecule has 0 saturated carbocycles. The molecule has 0 aliphatic carbocycles. The fourth-order valence-corrected chi connectivity index (χ4v) is 3.54. The van der Waals surface area contributed by atoms with Crippen molar-refractivity contribution in [2.75, 3.05) is 40.5 Å². The van der Waals surface area contributed by atoms with Gasteiger partial charge in [-0.25, -0.2) is 4.98 Å². The highest BCUT2D eigenvalue weighted by Crippen LogP contribution is 2.38. The largest absolute Gasteiger partial charge is 0.497 e. The maximum atomic E-state index is 5.62. The van der Waals surface area contributed by atoms with Crippen molar-refractivity contribution in [3.8, 4) is 40.0 Å². The molecule has 0 atom stereocenters. The number of hydrazone groups is 1. The van der Waals surface area contributed by atoms with E-state index in [1.165, 1.54) is 11.3 Å². The Morgan fingerprint density at radius 1 is 0.968 bits per heavy atom. The summed E-state index contributed by atoms with van der Waals surface area (Å²) in [6.07, 6.45) is 1.66. The van der Waals surface area contributed by atoms with Crippen LogP contribution >= 0.6 is 11.3 Å². The molecule has 3 rings (SSSR count). The number of ether oxygens (including phenoxy) is 5. The molecule has 2 aromatic carbocycles. The van der Waals surface area contributed by atoms with Gasteiger partial charge in [-0.1, -0.05) is 0 Å². The topological polar surface area (TPSA) is 83.4 Å².